The molecule has 1 unspecified atom stereocenters. The van der Waals surface area contributed by atoms with Crippen LogP contribution < -0.4 is 5.32 Å². The Bertz CT molecular complexity index is 968. The van der Waals surface area contributed by atoms with Crippen molar-refractivity contribution in [2.24, 2.45) is 10.6 Å². The zero-order valence-electron chi connectivity index (χ0n) is 17.4. The fraction of sp³-hybridized carbons (Fsp3) is 0.304. The van der Waals surface area contributed by atoms with Gasteiger partial charge in [0.2, 0.25) is 12.1 Å². The lowest BCUT2D eigenvalue weighted by atomic mass is 9.72. The molecule has 1 heterocycles. The second-order valence-corrected chi connectivity index (χ2v) is 7.30. The number of benzene rings is 2. The molecule has 0 bridgehead atoms. The third-order valence-electron chi connectivity index (χ3n) is 5.64. The number of hydrogen-bond acceptors (Lipinski definition) is 5. The first-order valence-corrected chi connectivity index (χ1v) is 10.1. The zero-order valence-corrected chi connectivity index (χ0v) is 17.4. The molecule has 31 heavy (non-hydrogen) atoms. The number of carbonyl (C=O) groups excluding carboxylic acids is 2. The molecule has 1 aliphatic rings. The minimum absolute atomic E-state index is 0.167. The van der Waals surface area contributed by atoms with Crippen LogP contribution in [0.4, 0.5) is 4.79 Å². The van der Waals surface area contributed by atoms with Gasteiger partial charge in [-0.25, -0.2) is 14.5 Å². The first-order chi connectivity index (χ1) is 14.9. The Hall–Kier alpha value is -3.68. The van der Waals surface area contributed by atoms with Gasteiger partial charge >= 0.3 is 12.0 Å². The van der Waals surface area contributed by atoms with Gasteiger partial charge in [0, 0.05) is 6.54 Å². The van der Waals surface area contributed by atoms with Crippen LogP contribution in [-0.2, 0) is 16.2 Å². The van der Waals surface area contributed by atoms with Crippen molar-refractivity contribution in [2.45, 2.75) is 39.5 Å². The number of urea groups is 1. The lowest BCUT2D eigenvalue weighted by molar-refractivity contribution is -0.210. The highest BCUT2D eigenvalue weighted by Crippen LogP contribution is 2.45. The van der Waals surface area contributed by atoms with Crippen LogP contribution in [0.15, 0.2) is 59.8 Å². The topological polar surface area (TPSA) is 108 Å². The van der Waals surface area contributed by atoms with Gasteiger partial charge in [0.1, 0.15) is 5.41 Å². The van der Waals surface area contributed by atoms with E-state index in [4.69, 9.17) is 9.94 Å². The molecule has 2 aromatic rings. The number of amides is 3. The number of carboxylic acids is 1. The number of nitrogens with zero attached hydrogens (tertiary/aromatic N) is 2. The Morgan fingerprint density at radius 2 is 1.77 bits per heavy atom. The number of aromatic carboxylic acids is 1. The van der Waals surface area contributed by atoms with Gasteiger partial charge in [0.25, 0.3) is 0 Å². The van der Waals surface area contributed by atoms with Crippen molar-refractivity contribution >= 4 is 24.1 Å². The molecule has 1 fully saturated rings. The molecule has 8 nitrogen and oxygen atoms in total. The van der Waals surface area contributed by atoms with Crippen molar-refractivity contribution in [1.29, 1.82) is 0 Å². The van der Waals surface area contributed by atoms with Gasteiger partial charge in [0.05, 0.1) is 11.8 Å². The lowest BCUT2D eigenvalue weighted by Crippen LogP contribution is -2.72. The van der Waals surface area contributed by atoms with Crippen molar-refractivity contribution in [3.05, 3.63) is 71.3 Å². The number of oxime groups is 1. The average molecular weight is 423 g/mol. The average Bonchev–Trinajstić information content (AvgIpc) is 2.79. The predicted octanol–water partition coefficient (Wildman–Crippen LogP) is 3.62. The molecule has 2 N–H and O–H groups in total. The third-order valence-corrected chi connectivity index (χ3v) is 5.64. The Balaban J connectivity index is 1.69. The van der Waals surface area contributed by atoms with E-state index in [0.29, 0.717) is 24.9 Å². The summed E-state index contributed by atoms with van der Waals surface area (Å²) in [7, 11) is 0. The summed E-state index contributed by atoms with van der Waals surface area (Å²) >= 11 is 0. The van der Waals surface area contributed by atoms with Gasteiger partial charge in [0.15, 0.2) is 0 Å². The van der Waals surface area contributed by atoms with Crippen LogP contribution in [0.25, 0.3) is 0 Å². The van der Waals surface area contributed by atoms with E-state index in [2.05, 4.69) is 10.5 Å². The van der Waals surface area contributed by atoms with E-state index >= 15 is 0 Å². The summed E-state index contributed by atoms with van der Waals surface area (Å²) in [6, 6.07) is 15.0. The number of imide groups is 1. The number of rotatable bonds is 8. The molecule has 0 spiro atoms. The molecular weight excluding hydrogens is 398 g/mol. The highest BCUT2D eigenvalue weighted by atomic mass is 16.7. The summed E-state index contributed by atoms with van der Waals surface area (Å²) in [5.74, 6) is -1.30. The Labute approximate surface area is 180 Å². The largest absolute Gasteiger partial charge is 0.478 e. The van der Waals surface area contributed by atoms with Crippen LogP contribution in [0.5, 0.6) is 0 Å². The van der Waals surface area contributed by atoms with E-state index in [0.717, 1.165) is 10.5 Å². The molecule has 3 amide bonds. The van der Waals surface area contributed by atoms with Gasteiger partial charge in [-0.1, -0.05) is 61.5 Å². The summed E-state index contributed by atoms with van der Waals surface area (Å²) in [4.78, 5) is 43.1. The second-order valence-electron chi connectivity index (χ2n) is 7.30. The lowest BCUT2D eigenvalue weighted by Gasteiger charge is -2.51. The molecule has 0 aliphatic carbocycles. The third kappa shape index (κ3) is 4.42. The first kappa shape index (κ1) is 22.0. The van der Waals surface area contributed by atoms with Crippen LogP contribution in [0.3, 0.4) is 0 Å². The summed E-state index contributed by atoms with van der Waals surface area (Å²) in [6.45, 7) is 4.05. The van der Waals surface area contributed by atoms with Crippen molar-refractivity contribution in [2.75, 3.05) is 0 Å². The molecule has 1 aliphatic heterocycles. The molecule has 1 atom stereocenters. The number of β-lactam (4-membered cyclic amide) rings is 1. The van der Waals surface area contributed by atoms with E-state index in [1.165, 1.54) is 18.3 Å². The standard InChI is InChI=1S/C23H25N3O5/c1-3-23(4-2)20(29)26(22(30)24-14-16-8-6-5-7-9-16)21(23)31-25-15-17-10-12-18(13-11-17)19(27)28/h5-13,15,21H,3-4,14H2,1-2H3,(H,24,30)(H,27,28)/b25-15+. The zero-order chi connectivity index (χ0) is 22.4. The van der Waals surface area contributed by atoms with Crippen LogP contribution in [0, 0.1) is 5.41 Å². The van der Waals surface area contributed by atoms with E-state index in [1.54, 1.807) is 12.1 Å². The second kappa shape index (κ2) is 9.42. The number of hydrogen-bond donors (Lipinski definition) is 2. The Morgan fingerprint density at radius 3 is 2.35 bits per heavy atom. The van der Waals surface area contributed by atoms with Gasteiger partial charge in [-0.3, -0.25) is 4.79 Å². The molecule has 3 rings (SSSR count). The molecule has 0 radical (unpaired) electrons. The van der Waals surface area contributed by atoms with Crippen LogP contribution >= 0.6 is 0 Å². The van der Waals surface area contributed by atoms with E-state index in [-0.39, 0.29) is 11.5 Å². The normalized spacial score (nSPS) is 17.3. The highest BCUT2D eigenvalue weighted by Gasteiger charge is 2.63. The molecular formula is C23H25N3O5. The Kier molecular flexibility index (Phi) is 6.69. The maximum atomic E-state index is 12.8. The summed E-state index contributed by atoms with van der Waals surface area (Å²) in [5, 5.41) is 15.7. The van der Waals surface area contributed by atoms with Gasteiger partial charge in [-0.05, 0) is 36.1 Å². The van der Waals surface area contributed by atoms with Gasteiger partial charge in [-0.2, -0.15) is 0 Å². The predicted molar refractivity (Wildman–Crippen MR) is 114 cm³/mol. The maximum absolute atomic E-state index is 12.8. The molecule has 1 saturated heterocycles. The Morgan fingerprint density at radius 1 is 1.13 bits per heavy atom. The summed E-state index contributed by atoms with van der Waals surface area (Å²) in [5.41, 5.74) is 0.907. The molecule has 162 valence electrons. The van der Waals surface area contributed by atoms with Crippen LogP contribution in [0.2, 0.25) is 0 Å². The summed E-state index contributed by atoms with van der Waals surface area (Å²) in [6.07, 6.45) is 1.63. The first-order valence-electron chi connectivity index (χ1n) is 10.1. The van der Waals surface area contributed by atoms with Gasteiger partial charge < -0.3 is 15.3 Å². The summed E-state index contributed by atoms with van der Waals surface area (Å²) < 4.78 is 0. The van der Waals surface area contributed by atoms with Crippen LogP contribution in [-0.4, -0.2) is 40.4 Å². The fourth-order valence-electron chi connectivity index (χ4n) is 3.60. The number of likely N-dealkylation sites (tertiary alicyclic amines) is 1. The van der Waals surface area contributed by atoms with Crippen LogP contribution in [0.1, 0.15) is 48.2 Å². The highest BCUT2D eigenvalue weighted by molar-refractivity contribution is 6.03. The minimum atomic E-state index is -1.01. The minimum Gasteiger partial charge on any atom is -0.478 e. The SMILES string of the molecule is CCC1(CC)C(=O)N(C(=O)NCc2ccccc2)C1O/N=C/c1ccc(C(=O)O)cc1. The van der Waals surface area contributed by atoms with Crippen molar-refractivity contribution in [3.8, 4) is 0 Å². The smallest absolute Gasteiger partial charge is 0.335 e. The number of carboxylic acid groups (broad SMARTS) is 1. The number of nitrogens with one attached hydrogen (secondary N) is 1. The van der Waals surface area contributed by atoms with Gasteiger partial charge in [-0.15, -0.1) is 0 Å². The maximum Gasteiger partial charge on any atom is 0.335 e. The molecule has 2 aromatic carbocycles. The van der Waals surface area contributed by atoms with E-state index in [1.807, 2.05) is 44.2 Å². The van der Waals surface area contributed by atoms with Crippen molar-refractivity contribution in [1.82, 2.24) is 10.2 Å². The van der Waals surface area contributed by atoms with Crippen molar-refractivity contribution < 1.29 is 24.3 Å². The molecule has 0 saturated carbocycles. The fourth-order valence-corrected chi connectivity index (χ4v) is 3.60. The number of carbonyl (C=O) groups is 3. The molecule has 0 aromatic heterocycles. The van der Waals surface area contributed by atoms with Crippen molar-refractivity contribution in [3.63, 3.8) is 0 Å². The molecule has 8 heteroatoms. The quantitative estimate of drug-likeness (QED) is 0.383. The monoisotopic (exact) mass is 423 g/mol. The van der Waals surface area contributed by atoms with E-state index in [9.17, 15) is 14.4 Å². The van der Waals surface area contributed by atoms with E-state index < -0.39 is 23.6 Å².